The average Bonchev–Trinajstić information content (AvgIpc) is 3.42. The van der Waals surface area contributed by atoms with E-state index in [0.29, 0.717) is 42.5 Å². The molecule has 4 rings (SSSR count). The number of rotatable bonds is 9. The maximum absolute atomic E-state index is 12.6. The highest BCUT2D eigenvalue weighted by molar-refractivity contribution is 6.30. The van der Waals surface area contributed by atoms with Crippen molar-refractivity contribution in [3.8, 4) is 16.9 Å². The van der Waals surface area contributed by atoms with Crippen molar-refractivity contribution in [2.45, 2.75) is 33.1 Å². The Bertz CT molecular complexity index is 1210. The molecule has 34 heavy (non-hydrogen) atoms. The van der Waals surface area contributed by atoms with E-state index >= 15 is 0 Å². The number of carbonyl (C=O) groups excluding carboxylic acids is 2. The highest BCUT2D eigenvalue weighted by atomic mass is 35.5. The summed E-state index contributed by atoms with van der Waals surface area (Å²) < 4.78 is 11.7. The average molecular weight is 481 g/mol. The molecule has 3 aromatic rings. The van der Waals surface area contributed by atoms with E-state index < -0.39 is 0 Å². The van der Waals surface area contributed by atoms with Crippen LogP contribution in [0.1, 0.15) is 38.7 Å². The molecule has 1 fully saturated rings. The van der Waals surface area contributed by atoms with Crippen molar-refractivity contribution in [3.05, 3.63) is 59.3 Å². The first kappa shape index (κ1) is 23.9. The summed E-state index contributed by atoms with van der Waals surface area (Å²) in [5, 5.41) is 4.53. The van der Waals surface area contributed by atoms with Gasteiger partial charge in [-0.3, -0.25) is 9.59 Å². The van der Waals surface area contributed by atoms with Crippen molar-refractivity contribution in [3.63, 3.8) is 0 Å². The van der Waals surface area contributed by atoms with Crippen LogP contribution in [-0.2, 0) is 9.59 Å². The van der Waals surface area contributed by atoms with Crippen LogP contribution in [0.25, 0.3) is 27.7 Å². The van der Waals surface area contributed by atoms with Gasteiger partial charge in [0.15, 0.2) is 0 Å². The molecule has 1 N–H and O–H groups in total. The van der Waals surface area contributed by atoms with Crippen LogP contribution < -0.4 is 10.1 Å². The lowest BCUT2D eigenvalue weighted by Gasteiger charge is -2.15. The maximum Gasteiger partial charge on any atom is 0.244 e. The molecule has 2 heterocycles. The quantitative estimate of drug-likeness (QED) is 0.315. The Kier molecular flexibility index (Phi) is 7.58. The Morgan fingerprint density at radius 1 is 1.26 bits per heavy atom. The van der Waals surface area contributed by atoms with Gasteiger partial charge >= 0.3 is 0 Å². The standard InChI is InChI=1S/C27H29ClN2O4/c1-3-33-24-16-25-22(23(17-34-25)19-7-9-20(28)10-8-19)15-21(24)18(2)14-26(31)29-11-5-13-30-12-4-6-27(30)32/h7-10,14-17H,3-6,11-13H2,1-2H3,(H,29,31)/b18-14+. The van der Waals surface area contributed by atoms with E-state index in [9.17, 15) is 9.59 Å². The first-order valence-corrected chi connectivity index (χ1v) is 12.0. The largest absolute Gasteiger partial charge is 0.493 e. The van der Waals surface area contributed by atoms with Gasteiger partial charge in [-0.1, -0.05) is 23.7 Å². The number of amides is 2. The van der Waals surface area contributed by atoms with Crippen molar-refractivity contribution in [1.29, 1.82) is 0 Å². The minimum absolute atomic E-state index is 0.169. The zero-order valence-corrected chi connectivity index (χ0v) is 20.3. The third-order valence-corrected chi connectivity index (χ3v) is 6.23. The van der Waals surface area contributed by atoms with Gasteiger partial charge in [-0.05, 0) is 56.0 Å². The molecular formula is C27H29ClN2O4. The predicted octanol–water partition coefficient (Wildman–Crippen LogP) is 5.68. The van der Waals surface area contributed by atoms with Crippen LogP contribution in [0, 0.1) is 0 Å². The van der Waals surface area contributed by atoms with E-state index in [1.807, 2.05) is 55.1 Å². The predicted molar refractivity (Wildman–Crippen MR) is 135 cm³/mol. The van der Waals surface area contributed by atoms with Crippen LogP contribution in [0.3, 0.4) is 0 Å². The number of hydrogen-bond donors (Lipinski definition) is 1. The van der Waals surface area contributed by atoms with Crippen LogP contribution in [0.15, 0.2) is 53.2 Å². The summed E-state index contributed by atoms with van der Waals surface area (Å²) in [4.78, 5) is 26.1. The highest BCUT2D eigenvalue weighted by Crippen LogP contribution is 2.37. The first-order chi connectivity index (χ1) is 16.5. The van der Waals surface area contributed by atoms with Crippen LogP contribution in [-0.4, -0.2) is 43.0 Å². The van der Waals surface area contributed by atoms with Crippen molar-refractivity contribution in [2.24, 2.45) is 0 Å². The highest BCUT2D eigenvalue weighted by Gasteiger charge is 2.19. The molecule has 7 heteroatoms. The number of nitrogens with one attached hydrogen (secondary N) is 1. The van der Waals surface area contributed by atoms with E-state index in [4.69, 9.17) is 20.8 Å². The lowest BCUT2D eigenvalue weighted by atomic mass is 9.99. The number of halogens is 1. The lowest BCUT2D eigenvalue weighted by molar-refractivity contribution is -0.127. The summed E-state index contributed by atoms with van der Waals surface area (Å²) >= 11 is 6.04. The second kappa shape index (κ2) is 10.8. The maximum atomic E-state index is 12.6. The van der Waals surface area contributed by atoms with Crippen LogP contribution in [0.2, 0.25) is 5.02 Å². The molecule has 0 saturated carbocycles. The molecule has 0 radical (unpaired) electrons. The molecule has 0 bridgehead atoms. The van der Waals surface area contributed by atoms with Gasteiger partial charge in [0, 0.05) is 59.7 Å². The van der Waals surface area contributed by atoms with E-state index in [1.165, 1.54) is 0 Å². The third-order valence-electron chi connectivity index (χ3n) is 5.98. The summed E-state index contributed by atoms with van der Waals surface area (Å²) in [5.41, 5.74) is 4.29. The zero-order valence-electron chi connectivity index (χ0n) is 19.5. The Labute approximate surface area is 204 Å². The summed E-state index contributed by atoms with van der Waals surface area (Å²) in [6.07, 6.45) is 5.62. The molecule has 1 aliphatic rings. The number of benzene rings is 2. The normalized spacial score (nSPS) is 14.1. The molecule has 1 aliphatic heterocycles. The number of hydrogen-bond acceptors (Lipinski definition) is 4. The number of nitrogens with zero attached hydrogens (tertiary/aromatic N) is 1. The SMILES string of the molecule is CCOc1cc2occ(-c3ccc(Cl)cc3)c2cc1/C(C)=C/C(=O)NCCCN1CCCC1=O. The van der Waals surface area contributed by atoms with Crippen LogP contribution in [0.5, 0.6) is 5.75 Å². The van der Waals surface area contributed by atoms with Gasteiger partial charge < -0.3 is 19.4 Å². The monoisotopic (exact) mass is 480 g/mol. The smallest absolute Gasteiger partial charge is 0.244 e. The number of likely N-dealkylation sites (tertiary alicyclic amines) is 1. The summed E-state index contributed by atoms with van der Waals surface area (Å²) in [6.45, 7) is 6.34. The Hall–Kier alpha value is -3.25. The topological polar surface area (TPSA) is 71.8 Å². The van der Waals surface area contributed by atoms with Crippen LogP contribution in [0.4, 0.5) is 0 Å². The van der Waals surface area contributed by atoms with Gasteiger partial charge in [-0.25, -0.2) is 0 Å². The molecule has 0 spiro atoms. The molecule has 2 aromatic carbocycles. The lowest BCUT2D eigenvalue weighted by Crippen LogP contribution is -2.30. The van der Waals surface area contributed by atoms with E-state index in [0.717, 1.165) is 47.0 Å². The van der Waals surface area contributed by atoms with Gasteiger partial charge in [0.1, 0.15) is 11.3 Å². The fourth-order valence-corrected chi connectivity index (χ4v) is 4.36. The van der Waals surface area contributed by atoms with Crippen molar-refractivity contribution in [1.82, 2.24) is 10.2 Å². The van der Waals surface area contributed by atoms with Gasteiger partial charge in [0.2, 0.25) is 11.8 Å². The number of furan rings is 1. The molecule has 2 amide bonds. The molecule has 1 saturated heterocycles. The second-order valence-corrected chi connectivity index (χ2v) is 8.83. The summed E-state index contributed by atoms with van der Waals surface area (Å²) in [6, 6.07) is 11.5. The molecule has 0 unspecified atom stereocenters. The van der Waals surface area contributed by atoms with Crippen molar-refractivity contribution in [2.75, 3.05) is 26.2 Å². The molecular weight excluding hydrogens is 452 g/mol. The number of allylic oxidation sites excluding steroid dienone is 1. The fourth-order valence-electron chi connectivity index (χ4n) is 4.24. The minimum atomic E-state index is -0.169. The summed E-state index contributed by atoms with van der Waals surface area (Å²) in [7, 11) is 0. The fraction of sp³-hybridized carbons (Fsp3) is 0.333. The number of fused-ring (bicyclic) bond motifs is 1. The van der Waals surface area contributed by atoms with Crippen molar-refractivity contribution < 1.29 is 18.7 Å². The number of carbonyl (C=O) groups is 2. The van der Waals surface area contributed by atoms with E-state index in [2.05, 4.69) is 5.32 Å². The molecule has 0 atom stereocenters. The number of ether oxygens (including phenoxy) is 1. The molecule has 178 valence electrons. The van der Waals surface area contributed by atoms with E-state index in [-0.39, 0.29) is 11.8 Å². The molecule has 0 aliphatic carbocycles. The van der Waals surface area contributed by atoms with Gasteiger partial charge in [0.05, 0.1) is 12.9 Å². The van der Waals surface area contributed by atoms with Gasteiger partial charge in [0.25, 0.3) is 0 Å². The molecule has 6 nitrogen and oxygen atoms in total. The minimum Gasteiger partial charge on any atom is -0.493 e. The summed E-state index contributed by atoms with van der Waals surface area (Å²) in [5.74, 6) is 0.706. The zero-order chi connectivity index (χ0) is 24.1. The van der Waals surface area contributed by atoms with E-state index in [1.54, 1.807) is 12.3 Å². The Morgan fingerprint density at radius 3 is 2.76 bits per heavy atom. The molecule has 1 aromatic heterocycles. The van der Waals surface area contributed by atoms with Crippen LogP contribution >= 0.6 is 11.6 Å². The van der Waals surface area contributed by atoms with Crippen molar-refractivity contribution >= 4 is 40.0 Å². The third kappa shape index (κ3) is 5.45. The van der Waals surface area contributed by atoms with Gasteiger partial charge in [-0.15, -0.1) is 0 Å². The Morgan fingerprint density at radius 2 is 2.06 bits per heavy atom. The van der Waals surface area contributed by atoms with Gasteiger partial charge in [-0.2, -0.15) is 0 Å². The first-order valence-electron chi connectivity index (χ1n) is 11.6. The second-order valence-electron chi connectivity index (χ2n) is 8.39. The Balaban J connectivity index is 1.52.